The molecule has 0 saturated carbocycles. The van der Waals surface area contributed by atoms with Gasteiger partial charge in [-0.2, -0.15) is 0 Å². The Bertz CT molecular complexity index is 711. The normalized spacial score (nSPS) is 14.9. The average molecular weight is 363 g/mol. The van der Waals surface area contributed by atoms with Crippen molar-refractivity contribution in [3.8, 4) is 0 Å². The van der Waals surface area contributed by atoms with Crippen LogP contribution in [0.4, 0.5) is 16.2 Å². The molecule has 0 aromatic heterocycles. The predicted octanol–water partition coefficient (Wildman–Crippen LogP) is 3.48. The second-order valence-corrected chi connectivity index (χ2v) is 7.41. The van der Waals surface area contributed by atoms with E-state index in [1.54, 1.807) is 38.8 Å². The molecule has 0 spiro atoms. The lowest BCUT2D eigenvalue weighted by molar-refractivity contribution is -0.384. The van der Waals surface area contributed by atoms with Crippen molar-refractivity contribution in [3.63, 3.8) is 0 Å². The number of nitro benzene ring substituents is 1. The molecular weight excluding hydrogens is 338 g/mol. The van der Waals surface area contributed by atoms with Crippen molar-refractivity contribution in [1.82, 2.24) is 4.90 Å². The molecular formula is C18H25N3O5. The van der Waals surface area contributed by atoms with Crippen LogP contribution in [0.15, 0.2) is 18.2 Å². The van der Waals surface area contributed by atoms with Gasteiger partial charge in [-0.25, -0.2) is 4.79 Å². The van der Waals surface area contributed by atoms with Gasteiger partial charge in [0.1, 0.15) is 5.60 Å². The molecule has 1 fully saturated rings. The number of benzene rings is 1. The molecule has 0 bridgehead atoms. The Morgan fingerprint density at radius 1 is 1.35 bits per heavy atom. The molecule has 0 unspecified atom stereocenters. The van der Waals surface area contributed by atoms with E-state index in [1.165, 1.54) is 17.0 Å². The largest absolute Gasteiger partial charge is 0.444 e. The number of hydrogen-bond acceptors (Lipinski definition) is 5. The van der Waals surface area contributed by atoms with Crippen LogP contribution in [-0.4, -0.2) is 41.0 Å². The second kappa shape index (κ2) is 7.72. The smallest absolute Gasteiger partial charge is 0.410 e. The zero-order chi connectivity index (χ0) is 19.5. The Morgan fingerprint density at radius 3 is 2.62 bits per heavy atom. The molecule has 0 atom stereocenters. The van der Waals surface area contributed by atoms with Crippen LogP contribution in [0.5, 0.6) is 0 Å². The molecule has 1 aliphatic heterocycles. The van der Waals surface area contributed by atoms with Crippen LogP contribution >= 0.6 is 0 Å². The van der Waals surface area contributed by atoms with Gasteiger partial charge in [0, 0.05) is 43.4 Å². The third-order valence-corrected chi connectivity index (χ3v) is 4.00. The number of non-ortho nitro benzene ring substituents is 1. The monoisotopic (exact) mass is 363 g/mol. The Hall–Kier alpha value is -2.64. The van der Waals surface area contributed by atoms with E-state index in [-0.39, 0.29) is 18.1 Å². The van der Waals surface area contributed by atoms with Gasteiger partial charge < -0.3 is 14.5 Å². The highest BCUT2D eigenvalue weighted by Crippen LogP contribution is 2.29. The molecule has 1 aromatic rings. The number of carbonyl (C=O) groups is 2. The number of nitrogens with zero attached hydrogens (tertiary/aromatic N) is 3. The van der Waals surface area contributed by atoms with Crippen LogP contribution in [0, 0.1) is 10.1 Å². The van der Waals surface area contributed by atoms with Crippen molar-refractivity contribution in [2.75, 3.05) is 18.5 Å². The van der Waals surface area contributed by atoms with Crippen LogP contribution in [0.25, 0.3) is 0 Å². The fraction of sp³-hybridized carbons (Fsp3) is 0.556. The minimum atomic E-state index is -0.639. The van der Waals surface area contributed by atoms with E-state index in [0.29, 0.717) is 24.2 Å². The zero-order valence-corrected chi connectivity index (χ0v) is 15.7. The number of nitro groups is 1. The molecule has 0 N–H and O–H groups in total. The summed E-state index contributed by atoms with van der Waals surface area (Å²) in [6.07, 6.45) is 1.65. The van der Waals surface area contributed by atoms with Crippen molar-refractivity contribution in [1.29, 1.82) is 0 Å². The molecule has 8 nitrogen and oxygen atoms in total. The summed E-state index contributed by atoms with van der Waals surface area (Å²) in [5, 5.41) is 11.1. The number of amides is 2. The average Bonchev–Trinajstić information content (AvgIpc) is 2.54. The number of rotatable bonds is 4. The van der Waals surface area contributed by atoms with Crippen molar-refractivity contribution < 1.29 is 19.2 Å². The van der Waals surface area contributed by atoms with Gasteiger partial charge in [0.05, 0.1) is 11.5 Å². The maximum Gasteiger partial charge on any atom is 0.410 e. The summed E-state index contributed by atoms with van der Waals surface area (Å²) < 4.78 is 5.33. The van der Waals surface area contributed by atoms with Gasteiger partial charge in [0.2, 0.25) is 5.91 Å². The summed E-state index contributed by atoms with van der Waals surface area (Å²) in [6.45, 7) is 5.98. The number of anilines is 1. The van der Waals surface area contributed by atoms with Crippen molar-refractivity contribution >= 4 is 23.4 Å². The summed E-state index contributed by atoms with van der Waals surface area (Å²) in [5.74, 6) is -0.00808. The number of ether oxygens (including phenoxy) is 1. The highest BCUT2D eigenvalue weighted by Gasteiger charge is 2.26. The summed E-state index contributed by atoms with van der Waals surface area (Å²) in [5.41, 5.74) is 0.434. The van der Waals surface area contributed by atoms with Crippen molar-refractivity contribution in [2.24, 2.45) is 0 Å². The van der Waals surface area contributed by atoms with Crippen LogP contribution in [0.1, 0.15) is 45.6 Å². The standard InChI is InChI=1S/C18H25N3O5/c1-18(2,3)26-17(23)19(4)12-13-11-14(21(24)25)8-9-15(13)20-10-6-5-7-16(20)22/h8-9,11H,5-7,10,12H2,1-4H3. The highest BCUT2D eigenvalue weighted by molar-refractivity contribution is 5.95. The summed E-state index contributed by atoms with van der Waals surface area (Å²) in [6, 6.07) is 4.38. The first-order chi connectivity index (χ1) is 12.1. The van der Waals surface area contributed by atoms with Crippen LogP contribution in [0.2, 0.25) is 0 Å². The molecule has 8 heteroatoms. The Kier molecular flexibility index (Phi) is 5.84. The predicted molar refractivity (Wildman–Crippen MR) is 97.0 cm³/mol. The third-order valence-electron chi connectivity index (χ3n) is 4.00. The molecule has 0 aliphatic carbocycles. The van der Waals surface area contributed by atoms with E-state index in [9.17, 15) is 19.7 Å². The van der Waals surface area contributed by atoms with E-state index < -0.39 is 16.6 Å². The van der Waals surface area contributed by atoms with Crippen molar-refractivity contribution in [3.05, 3.63) is 33.9 Å². The van der Waals surface area contributed by atoms with Gasteiger partial charge in [0.25, 0.3) is 5.69 Å². The molecule has 142 valence electrons. The van der Waals surface area contributed by atoms with Gasteiger partial charge in [-0.05, 0) is 39.7 Å². The maximum atomic E-state index is 12.3. The van der Waals surface area contributed by atoms with Crippen LogP contribution in [-0.2, 0) is 16.1 Å². The lowest BCUT2D eigenvalue weighted by Crippen LogP contribution is -2.37. The van der Waals surface area contributed by atoms with E-state index >= 15 is 0 Å². The van der Waals surface area contributed by atoms with Crippen LogP contribution in [0.3, 0.4) is 0 Å². The number of hydrogen-bond donors (Lipinski definition) is 0. The first-order valence-corrected chi connectivity index (χ1v) is 8.60. The number of carbonyl (C=O) groups excluding carboxylic acids is 2. The SMILES string of the molecule is CN(Cc1cc([N+](=O)[O-])ccc1N1CCCCC1=O)C(=O)OC(C)(C)C. The highest BCUT2D eigenvalue weighted by atomic mass is 16.6. The minimum Gasteiger partial charge on any atom is -0.444 e. The zero-order valence-electron chi connectivity index (χ0n) is 15.7. The fourth-order valence-corrected chi connectivity index (χ4v) is 2.80. The van der Waals surface area contributed by atoms with E-state index in [4.69, 9.17) is 4.74 Å². The second-order valence-electron chi connectivity index (χ2n) is 7.41. The minimum absolute atomic E-state index is 0.00808. The van der Waals surface area contributed by atoms with Gasteiger partial charge in [-0.15, -0.1) is 0 Å². The molecule has 1 aliphatic rings. The maximum absolute atomic E-state index is 12.3. The Labute approximate surface area is 152 Å². The van der Waals surface area contributed by atoms with Gasteiger partial charge in [0.15, 0.2) is 0 Å². The molecule has 2 amide bonds. The van der Waals surface area contributed by atoms with E-state index in [0.717, 1.165) is 12.8 Å². The Balaban J connectivity index is 2.31. The van der Waals surface area contributed by atoms with Gasteiger partial charge in [-0.1, -0.05) is 0 Å². The number of piperidine rings is 1. The summed E-state index contributed by atoms with van der Waals surface area (Å²) in [7, 11) is 1.56. The van der Waals surface area contributed by atoms with Crippen LogP contribution < -0.4 is 4.90 Å². The quantitative estimate of drug-likeness (QED) is 0.603. The lowest BCUT2D eigenvalue weighted by atomic mass is 10.1. The fourth-order valence-electron chi connectivity index (χ4n) is 2.80. The van der Waals surface area contributed by atoms with E-state index in [2.05, 4.69) is 0 Å². The van der Waals surface area contributed by atoms with Gasteiger partial charge >= 0.3 is 6.09 Å². The topological polar surface area (TPSA) is 93.0 Å². The summed E-state index contributed by atoms with van der Waals surface area (Å²) >= 11 is 0. The molecule has 1 heterocycles. The first kappa shape index (κ1) is 19.7. The molecule has 1 saturated heterocycles. The Morgan fingerprint density at radius 2 is 2.04 bits per heavy atom. The van der Waals surface area contributed by atoms with Crippen molar-refractivity contribution in [2.45, 2.75) is 52.2 Å². The third kappa shape index (κ3) is 4.93. The molecule has 0 radical (unpaired) electrons. The van der Waals surface area contributed by atoms with E-state index in [1.807, 2.05) is 0 Å². The molecule has 2 rings (SSSR count). The molecule has 26 heavy (non-hydrogen) atoms. The first-order valence-electron chi connectivity index (χ1n) is 8.60. The molecule has 1 aromatic carbocycles. The van der Waals surface area contributed by atoms with Gasteiger partial charge in [-0.3, -0.25) is 14.9 Å². The summed E-state index contributed by atoms with van der Waals surface area (Å²) in [4.78, 5) is 38.1. The lowest BCUT2D eigenvalue weighted by Gasteiger charge is -2.30.